The van der Waals surface area contributed by atoms with Gasteiger partial charge in [0.2, 0.25) is 0 Å². The van der Waals surface area contributed by atoms with Crippen molar-refractivity contribution in [1.29, 1.82) is 0 Å². The summed E-state index contributed by atoms with van der Waals surface area (Å²) in [4.78, 5) is 5.36. The molecule has 98 valence electrons. The molecule has 3 rings (SSSR count). The molecule has 3 fully saturated rings. The molecule has 0 aromatic rings. The number of hydrogen-bond acceptors (Lipinski definition) is 3. The molecular weight excluding hydrogens is 210 g/mol. The summed E-state index contributed by atoms with van der Waals surface area (Å²) < 4.78 is 0. The third-order valence-corrected chi connectivity index (χ3v) is 5.18. The van der Waals surface area contributed by atoms with E-state index in [0.717, 1.165) is 6.04 Å². The zero-order valence-electron chi connectivity index (χ0n) is 11.0. The normalized spacial score (nSPS) is 34.1. The smallest absolute Gasteiger partial charge is 0.0235 e. The Bertz CT molecular complexity index is 256. The van der Waals surface area contributed by atoms with Crippen LogP contribution in [-0.4, -0.2) is 54.1 Å². The minimum absolute atomic E-state index is 0.214. The molecule has 0 bridgehead atoms. The fourth-order valence-corrected chi connectivity index (χ4v) is 3.68. The number of nitrogens with two attached hydrogens (primary N) is 1. The summed E-state index contributed by atoms with van der Waals surface area (Å²) >= 11 is 0. The Hall–Kier alpha value is -0.120. The lowest BCUT2D eigenvalue weighted by Crippen LogP contribution is -2.48. The van der Waals surface area contributed by atoms with Crippen LogP contribution in [0.4, 0.5) is 0 Å². The van der Waals surface area contributed by atoms with Gasteiger partial charge < -0.3 is 10.6 Å². The van der Waals surface area contributed by atoms with Crippen LogP contribution in [0.15, 0.2) is 0 Å². The largest absolute Gasteiger partial charge is 0.325 e. The maximum Gasteiger partial charge on any atom is 0.0235 e. The monoisotopic (exact) mass is 237 g/mol. The van der Waals surface area contributed by atoms with E-state index >= 15 is 0 Å². The van der Waals surface area contributed by atoms with Crippen LogP contribution in [0.2, 0.25) is 0 Å². The van der Waals surface area contributed by atoms with Crippen molar-refractivity contribution in [3.05, 3.63) is 0 Å². The molecule has 3 heteroatoms. The fourth-order valence-electron chi connectivity index (χ4n) is 3.68. The van der Waals surface area contributed by atoms with Crippen molar-refractivity contribution < 1.29 is 0 Å². The Labute approximate surface area is 105 Å². The molecule has 1 atom stereocenters. The van der Waals surface area contributed by atoms with Crippen LogP contribution in [-0.2, 0) is 0 Å². The van der Waals surface area contributed by atoms with Crippen LogP contribution in [0.1, 0.15) is 44.9 Å². The molecule has 3 nitrogen and oxygen atoms in total. The first kappa shape index (κ1) is 11.9. The van der Waals surface area contributed by atoms with Gasteiger partial charge >= 0.3 is 0 Å². The molecule has 0 radical (unpaired) electrons. The minimum Gasteiger partial charge on any atom is -0.325 e. The van der Waals surface area contributed by atoms with E-state index in [1.165, 1.54) is 77.7 Å². The Balaban J connectivity index is 1.41. The van der Waals surface area contributed by atoms with Gasteiger partial charge in [0, 0.05) is 18.1 Å². The summed E-state index contributed by atoms with van der Waals surface area (Å²) in [6.45, 7) is 6.53. The third kappa shape index (κ3) is 2.67. The first-order valence-corrected chi connectivity index (χ1v) is 7.51. The van der Waals surface area contributed by atoms with E-state index in [9.17, 15) is 0 Å². The summed E-state index contributed by atoms with van der Waals surface area (Å²) in [6.07, 6.45) is 9.32. The SMILES string of the molecule is NC1(CCN2CCC(N3CCCC3)C2)CCC1. The second kappa shape index (κ2) is 4.87. The van der Waals surface area contributed by atoms with Gasteiger partial charge in [-0.15, -0.1) is 0 Å². The Morgan fingerprint density at radius 1 is 1.06 bits per heavy atom. The lowest BCUT2D eigenvalue weighted by Gasteiger charge is -2.39. The minimum atomic E-state index is 0.214. The van der Waals surface area contributed by atoms with Crippen LogP contribution < -0.4 is 5.73 Å². The summed E-state index contributed by atoms with van der Waals surface area (Å²) in [6, 6.07) is 0.854. The summed E-state index contributed by atoms with van der Waals surface area (Å²) in [5.41, 5.74) is 6.51. The van der Waals surface area contributed by atoms with E-state index in [1.807, 2.05) is 0 Å². The third-order valence-electron chi connectivity index (χ3n) is 5.18. The maximum atomic E-state index is 6.30. The Morgan fingerprint density at radius 2 is 1.82 bits per heavy atom. The van der Waals surface area contributed by atoms with Crippen molar-refractivity contribution in [3.8, 4) is 0 Å². The standard InChI is InChI=1S/C14H27N3/c15-14(5-3-6-14)7-11-16-10-4-13(12-16)17-8-1-2-9-17/h13H,1-12,15H2. The van der Waals surface area contributed by atoms with E-state index in [1.54, 1.807) is 0 Å². The summed E-state index contributed by atoms with van der Waals surface area (Å²) in [7, 11) is 0. The van der Waals surface area contributed by atoms with Gasteiger partial charge in [-0.3, -0.25) is 4.90 Å². The van der Waals surface area contributed by atoms with Crippen molar-refractivity contribution in [2.75, 3.05) is 32.7 Å². The highest BCUT2D eigenvalue weighted by molar-refractivity contribution is 4.94. The van der Waals surface area contributed by atoms with Gasteiger partial charge in [-0.05, 0) is 71.1 Å². The van der Waals surface area contributed by atoms with Crippen LogP contribution in [0.25, 0.3) is 0 Å². The number of nitrogens with zero attached hydrogens (tertiary/aromatic N) is 2. The van der Waals surface area contributed by atoms with Crippen molar-refractivity contribution >= 4 is 0 Å². The van der Waals surface area contributed by atoms with Gasteiger partial charge in [0.1, 0.15) is 0 Å². The van der Waals surface area contributed by atoms with Crippen LogP contribution in [0, 0.1) is 0 Å². The Kier molecular flexibility index (Phi) is 3.42. The van der Waals surface area contributed by atoms with Gasteiger partial charge in [-0.1, -0.05) is 0 Å². The predicted molar refractivity (Wildman–Crippen MR) is 71.0 cm³/mol. The maximum absolute atomic E-state index is 6.30. The van der Waals surface area contributed by atoms with E-state index in [0.29, 0.717) is 0 Å². The van der Waals surface area contributed by atoms with Gasteiger partial charge in [0.15, 0.2) is 0 Å². The topological polar surface area (TPSA) is 32.5 Å². The van der Waals surface area contributed by atoms with Crippen molar-refractivity contribution in [3.63, 3.8) is 0 Å². The zero-order chi connectivity index (χ0) is 11.7. The number of likely N-dealkylation sites (tertiary alicyclic amines) is 2. The number of rotatable bonds is 4. The summed E-state index contributed by atoms with van der Waals surface area (Å²) in [5, 5.41) is 0. The van der Waals surface area contributed by atoms with E-state index in [-0.39, 0.29) is 5.54 Å². The zero-order valence-corrected chi connectivity index (χ0v) is 11.0. The molecule has 3 aliphatic rings. The van der Waals surface area contributed by atoms with Gasteiger partial charge in [-0.2, -0.15) is 0 Å². The highest BCUT2D eigenvalue weighted by Crippen LogP contribution is 2.32. The molecule has 1 unspecified atom stereocenters. The first-order valence-electron chi connectivity index (χ1n) is 7.51. The second-order valence-electron chi connectivity index (χ2n) is 6.45. The second-order valence-corrected chi connectivity index (χ2v) is 6.45. The van der Waals surface area contributed by atoms with E-state index in [2.05, 4.69) is 9.80 Å². The molecule has 1 saturated carbocycles. The van der Waals surface area contributed by atoms with Gasteiger partial charge in [0.25, 0.3) is 0 Å². The molecule has 2 N–H and O–H groups in total. The van der Waals surface area contributed by atoms with Gasteiger partial charge in [0.05, 0.1) is 0 Å². The highest BCUT2D eigenvalue weighted by Gasteiger charge is 2.34. The lowest BCUT2D eigenvalue weighted by molar-refractivity contribution is 0.185. The fraction of sp³-hybridized carbons (Fsp3) is 1.00. The van der Waals surface area contributed by atoms with Crippen molar-refractivity contribution in [2.24, 2.45) is 5.73 Å². The van der Waals surface area contributed by atoms with Crippen molar-refractivity contribution in [2.45, 2.75) is 56.5 Å². The van der Waals surface area contributed by atoms with Crippen LogP contribution in [0.5, 0.6) is 0 Å². The quantitative estimate of drug-likeness (QED) is 0.803. The Morgan fingerprint density at radius 3 is 2.47 bits per heavy atom. The highest BCUT2D eigenvalue weighted by atomic mass is 15.3. The van der Waals surface area contributed by atoms with E-state index < -0.39 is 0 Å². The summed E-state index contributed by atoms with van der Waals surface area (Å²) in [5.74, 6) is 0. The lowest BCUT2D eigenvalue weighted by atomic mass is 9.75. The van der Waals surface area contributed by atoms with Gasteiger partial charge in [-0.25, -0.2) is 0 Å². The molecule has 0 amide bonds. The molecule has 1 aliphatic carbocycles. The van der Waals surface area contributed by atoms with Crippen molar-refractivity contribution in [1.82, 2.24) is 9.80 Å². The van der Waals surface area contributed by atoms with Crippen LogP contribution in [0.3, 0.4) is 0 Å². The molecule has 2 heterocycles. The molecule has 17 heavy (non-hydrogen) atoms. The molecule has 0 aromatic heterocycles. The number of hydrogen-bond donors (Lipinski definition) is 1. The molecule has 2 saturated heterocycles. The average molecular weight is 237 g/mol. The van der Waals surface area contributed by atoms with E-state index in [4.69, 9.17) is 5.73 Å². The predicted octanol–water partition coefficient (Wildman–Crippen LogP) is 1.43. The molecule has 0 spiro atoms. The first-order chi connectivity index (χ1) is 8.25. The molecule has 0 aromatic carbocycles. The molecule has 2 aliphatic heterocycles. The van der Waals surface area contributed by atoms with Crippen LogP contribution >= 0.6 is 0 Å². The average Bonchev–Trinajstić information content (AvgIpc) is 2.93. The molecular formula is C14H27N3.